The number of rotatable bonds is 5. The summed E-state index contributed by atoms with van der Waals surface area (Å²) < 4.78 is 7.06. The van der Waals surface area contributed by atoms with Gasteiger partial charge in [0.15, 0.2) is 0 Å². The third kappa shape index (κ3) is 4.14. The van der Waals surface area contributed by atoms with Gasteiger partial charge in [-0.05, 0) is 24.6 Å². The highest BCUT2D eigenvalue weighted by molar-refractivity contribution is 5.77. The number of nitrogens with one attached hydrogen (secondary N) is 2. The Labute approximate surface area is 135 Å². The molecule has 23 heavy (non-hydrogen) atoms. The van der Waals surface area contributed by atoms with Gasteiger partial charge < -0.3 is 15.4 Å². The number of nitrogens with zero attached hydrogens (tertiary/aromatic N) is 3. The molecule has 1 aromatic heterocycles. The van der Waals surface area contributed by atoms with Gasteiger partial charge in [-0.1, -0.05) is 12.1 Å². The Morgan fingerprint density at radius 1 is 1.48 bits per heavy atom. The van der Waals surface area contributed by atoms with Gasteiger partial charge in [-0.25, -0.2) is 9.67 Å². The second-order valence-electron chi connectivity index (χ2n) is 5.65. The third-order valence-electron chi connectivity index (χ3n) is 3.88. The van der Waals surface area contributed by atoms with E-state index in [4.69, 9.17) is 4.74 Å². The van der Waals surface area contributed by atoms with Gasteiger partial charge in [-0.3, -0.25) is 4.79 Å². The Kier molecular flexibility index (Phi) is 4.99. The minimum Gasteiger partial charge on any atom is -0.378 e. The molecular weight excluding hydrogens is 294 g/mol. The second kappa shape index (κ2) is 7.34. The van der Waals surface area contributed by atoms with E-state index < -0.39 is 0 Å². The standard InChI is InChI=1S/C16H21N5O2/c1-12(20-16(22)8-14-9-23-7-6-18-14)13-2-4-15(5-3-13)21-11-17-10-19-21/h2-5,10-12,14,18H,6-9H2,1H3,(H,20,22). The molecule has 7 heteroatoms. The summed E-state index contributed by atoms with van der Waals surface area (Å²) in [6, 6.07) is 7.96. The topological polar surface area (TPSA) is 81.1 Å². The van der Waals surface area contributed by atoms with Crippen LogP contribution in [0.1, 0.15) is 24.9 Å². The Bertz CT molecular complexity index is 620. The van der Waals surface area contributed by atoms with Crippen molar-refractivity contribution in [3.8, 4) is 5.69 Å². The molecule has 1 aliphatic heterocycles. The molecule has 0 radical (unpaired) electrons. The van der Waals surface area contributed by atoms with Crippen LogP contribution in [0.5, 0.6) is 0 Å². The van der Waals surface area contributed by atoms with Crippen molar-refractivity contribution in [3.63, 3.8) is 0 Å². The summed E-state index contributed by atoms with van der Waals surface area (Å²) in [6.07, 6.45) is 3.58. The molecule has 0 aliphatic carbocycles. The fourth-order valence-corrected chi connectivity index (χ4v) is 2.62. The third-order valence-corrected chi connectivity index (χ3v) is 3.88. The van der Waals surface area contributed by atoms with Crippen LogP contribution in [0.25, 0.3) is 5.69 Å². The lowest BCUT2D eigenvalue weighted by atomic mass is 10.1. The van der Waals surface area contributed by atoms with E-state index in [0.29, 0.717) is 19.6 Å². The van der Waals surface area contributed by atoms with Gasteiger partial charge in [0.1, 0.15) is 12.7 Å². The van der Waals surface area contributed by atoms with Crippen LogP contribution >= 0.6 is 0 Å². The summed E-state index contributed by atoms with van der Waals surface area (Å²) >= 11 is 0. The van der Waals surface area contributed by atoms with Gasteiger partial charge in [0, 0.05) is 19.0 Å². The van der Waals surface area contributed by atoms with Crippen molar-refractivity contribution < 1.29 is 9.53 Å². The van der Waals surface area contributed by atoms with Crippen molar-refractivity contribution in [2.45, 2.75) is 25.4 Å². The maximum Gasteiger partial charge on any atom is 0.222 e. The molecule has 0 bridgehead atoms. The first-order valence-electron chi connectivity index (χ1n) is 7.78. The summed E-state index contributed by atoms with van der Waals surface area (Å²) in [5.74, 6) is 0.0286. The van der Waals surface area contributed by atoms with E-state index in [9.17, 15) is 4.79 Å². The molecular formula is C16H21N5O2. The summed E-state index contributed by atoms with van der Waals surface area (Å²) in [6.45, 7) is 4.09. The first-order chi connectivity index (χ1) is 11.2. The van der Waals surface area contributed by atoms with Crippen LogP contribution in [0.2, 0.25) is 0 Å². The smallest absolute Gasteiger partial charge is 0.222 e. The average Bonchev–Trinajstić information content (AvgIpc) is 3.10. The molecule has 2 aromatic rings. The van der Waals surface area contributed by atoms with Crippen LogP contribution in [0, 0.1) is 0 Å². The van der Waals surface area contributed by atoms with E-state index in [1.165, 1.54) is 6.33 Å². The van der Waals surface area contributed by atoms with Crippen LogP contribution in [0.3, 0.4) is 0 Å². The van der Waals surface area contributed by atoms with Crippen LogP contribution in [0.4, 0.5) is 0 Å². The normalized spacial score (nSPS) is 19.3. The maximum atomic E-state index is 12.1. The number of aromatic nitrogens is 3. The zero-order chi connectivity index (χ0) is 16.1. The molecule has 2 unspecified atom stereocenters. The summed E-state index contributed by atoms with van der Waals surface area (Å²) in [7, 11) is 0. The maximum absolute atomic E-state index is 12.1. The predicted octanol–water partition coefficient (Wildman–Crippen LogP) is 0.823. The first kappa shape index (κ1) is 15.6. The monoisotopic (exact) mass is 315 g/mol. The van der Waals surface area contributed by atoms with E-state index in [1.807, 2.05) is 31.2 Å². The number of carbonyl (C=O) groups is 1. The van der Waals surface area contributed by atoms with Crippen LogP contribution in [0.15, 0.2) is 36.9 Å². The van der Waals surface area contributed by atoms with Crippen molar-refractivity contribution in [1.29, 1.82) is 0 Å². The highest BCUT2D eigenvalue weighted by atomic mass is 16.5. The molecule has 1 aliphatic rings. The molecule has 122 valence electrons. The number of carbonyl (C=O) groups excluding carboxylic acids is 1. The van der Waals surface area contributed by atoms with E-state index in [1.54, 1.807) is 11.0 Å². The Morgan fingerprint density at radius 3 is 2.96 bits per heavy atom. The van der Waals surface area contributed by atoms with E-state index in [-0.39, 0.29) is 18.0 Å². The van der Waals surface area contributed by atoms with Crippen LogP contribution in [-0.2, 0) is 9.53 Å². The number of amides is 1. The van der Waals surface area contributed by atoms with Crippen molar-refractivity contribution in [3.05, 3.63) is 42.5 Å². The molecule has 1 fully saturated rings. The molecule has 0 spiro atoms. The fraction of sp³-hybridized carbons (Fsp3) is 0.438. The molecule has 1 aromatic carbocycles. The van der Waals surface area contributed by atoms with Gasteiger partial charge in [-0.15, -0.1) is 0 Å². The van der Waals surface area contributed by atoms with Gasteiger partial charge in [0.25, 0.3) is 0 Å². The molecule has 7 nitrogen and oxygen atoms in total. The SMILES string of the molecule is CC(NC(=O)CC1COCCN1)c1ccc(-n2cncn2)cc1. The minimum atomic E-state index is -0.0446. The summed E-state index contributed by atoms with van der Waals surface area (Å²) in [5.41, 5.74) is 1.99. The number of morpholine rings is 1. The molecule has 2 heterocycles. The number of benzene rings is 1. The number of hydrogen-bond donors (Lipinski definition) is 2. The van der Waals surface area contributed by atoms with Crippen LogP contribution in [-0.4, -0.2) is 46.5 Å². The summed E-state index contributed by atoms with van der Waals surface area (Å²) in [5, 5.41) is 10.4. The lowest BCUT2D eigenvalue weighted by molar-refractivity contribution is -0.122. The first-order valence-corrected chi connectivity index (χ1v) is 7.78. The quantitative estimate of drug-likeness (QED) is 0.854. The lowest BCUT2D eigenvalue weighted by Gasteiger charge is -2.24. The fourth-order valence-electron chi connectivity index (χ4n) is 2.62. The van der Waals surface area contributed by atoms with Crippen molar-refractivity contribution in [1.82, 2.24) is 25.4 Å². The molecule has 1 amide bonds. The molecule has 2 N–H and O–H groups in total. The number of ether oxygens (including phenoxy) is 1. The Balaban J connectivity index is 1.55. The van der Waals surface area contributed by atoms with Crippen molar-refractivity contribution in [2.24, 2.45) is 0 Å². The summed E-state index contributed by atoms with van der Waals surface area (Å²) in [4.78, 5) is 16.0. The largest absolute Gasteiger partial charge is 0.378 e. The molecule has 1 saturated heterocycles. The van der Waals surface area contributed by atoms with E-state index in [2.05, 4.69) is 20.7 Å². The second-order valence-corrected chi connectivity index (χ2v) is 5.65. The average molecular weight is 315 g/mol. The Morgan fingerprint density at radius 2 is 2.30 bits per heavy atom. The number of hydrogen-bond acceptors (Lipinski definition) is 5. The van der Waals surface area contributed by atoms with Crippen molar-refractivity contribution in [2.75, 3.05) is 19.8 Å². The van der Waals surface area contributed by atoms with Gasteiger partial charge in [0.2, 0.25) is 5.91 Å². The lowest BCUT2D eigenvalue weighted by Crippen LogP contribution is -2.44. The van der Waals surface area contributed by atoms with Gasteiger partial charge in [-0.2, -0.15) is 5.10 Å². The van der Waals surface area contributed by atoms with E-state index in [0.717, 1.165) is 17.8 Å². The Hall–Kier alpha value is -2.25. The molecule has 3 rings (SSSR count). The van der Waals surface area contributed by atoms with Gasteiger partial charge >= 0.3 is 0 Å². The zero-order valence-electron chi connectivity index (χ0n) is 13.1. The zero-order valence-corrected chi connectivity index (χ0v) is 13.1. The highest BCUT2D eigenvalue weighted by Gasteiger charge is 2.18. The molecule has 2 atom stereocenters. The highest BCUT2D eigenvalue weighted by Crippen LogP contribution is 2.15. The predicted molar refractivity (Wildman–Crippen MR) is 85.1 cm³/mol. The minimum absolute atomic E-state index is 0.0286. The van der Waals surface area contributed by atoms with Crippen molar-refractivity contribution >= 4 is 5.91 Å². The molecule has 0 saturated carbocycles. The van der Waals surface area contributed by atoms with Gasteiger partial charge in [0.05, 0.1) is 24.9 Å². The van der Waals surface area contributed by atoms with E-state index >= 15 is 0 Å². The van der Waals surface area contributed by atoms with Crippen LogP contribution < -0.4 is 10.6 Å².